The number of hydrogen-bond donors (Lipinski definition) is 0. The minimum Gasteiger partial charge on any atom is -0.452 e. The molecular weight excluding hydrogens is 358 g/mol. The number of esters is 1. The van der Waals surface area contributed by atoms with E-state index in [4.69, 9.17) is 10.00 Å². The summed E-state index contributed by atoms with van der Waals surface area (Å²) in [4.78, 5) is 30.6. The molecule has 0 N–H and O–H groups in total. The Bertz CT molecular complexity index is 1050. The molecule has 1 amide bonds. The van der Waals surface area contributed by atoms with Crippen LogP contribution in [0.1, 0.15) is 22.5 Å². The third-order valence-corrected chi connectivity index (χ3v) is 4.24. The summed E-state index contributed by atoms with van der Waals surface area (Å²) < 4.78 is 6.82. The zero-order valence-electron chi connectivity index (χ0n) is 15.6. The molecule has 28 heavy (non-hydrogen) atoms. The van der Waals surface area contributed by atoms with Gasteiger partial charge in [-0.25, -0.2) is 9.78 Å². The van der Waals surface area contributed by atoms with E-state index in [1.165, 1.54) is 11.1 Å². The van der Waals surface area contributed by atoms with Gasteiger partial charge in [0.25, 0.3) is 5.91 Å². The van der Waals surface area contributed by atoms with E-state index in [9.17, 15) is 9.59 Å². The van der Waals surface area contributed by atoms with Crippen molar-refractivity contribution in [2.24, 2.45) is 7.05 Å². The number of carbonyl (C=O) groups excluding carboxylic acids is 2. The predicted molar refractivity (Wildman–Crippen MR) is 103 cm³/mol. The van der Waals surface area contributed by atoms with Gasteiger partial charge < -0.3 is 9.64 Å². The first-order valence-electron chi connectivity index (χ1n) is 8.70. The number of benzene rings is 1. The number of nitrogens with zero attached hydrogens (tertiary/aromatic N) is 5. The van der Waals surface area contributed by atoms with E-state index < -0.39 is 18.5 Å². The molecule has 2 heterocycles. The molecule has 3 aromatic rings. The van der Waals surface area contributed by atoms with E-state index in [0.29, 0.717) is 11.3 Å². The largest absolute Gasteiger partial charge is 0.452 e. The number of nitriles is 1. The van der Waals surface area contributed by atoms with Crippen molar-refractivity contribution in [1.82, 2.24) is 14.8 Å². The maximum absolute atomic E-state index is 12.6. The number of anilines is 1. The third-order valence-electron chi connectivity index (χ3n) is 4.24. The molecule has 8 heteroatoms. The van der Waals surface area contributed by atoms with Crippen LogP contribution in [-0.4, -0.2) is 39.8 Å². The Morgan fingerprint density at radius 3 is 2.75 bits per heavy atom. The van der Waals surface area contributed by atoms with Crippen LogP contribution in [0.15, 0.2) is 42.6 Å². The number of para-hydroxylation sites is 1. The molecule has 0 aliphatic heterocycles. The van der Waals surface area contributed by atoms with Crippen LogP contribution in [0.5, 0.6) is 0 Å². The van der Waals surface area contributed by atoms with Crippen molar-refractivity contribution in [2.75, 3.05) is 18.1 Å². The Kier molecular flexibility index (Phi) is 5.65. The van der Waals surface area contributed by atoms with Crippen LogP contribution in [0.4, 0.5) is 5.69 Å². The molecular formula is C20H19N5O3. The first kappa shape index (κ1) is 19.0. The van der Waals surface area contributed by atoms with Crippen molar-refractivity contribution >= 4 is 28.6 Å². The molecule has 0 aliphatic rings. The lowest BCUT2D eigenvalue weighted by Gasteiger charge is -2.21. The molecule has 0 saturated heterocycles. The van der Waals surface area contributed by atoms with E-state index in [0.717, 1.165) is 11.1 Å². The summed E-state index contributed by atoms with van der Waals surface area (Å²) in [6.45, 7) is 1.62. The zero-order valence-corrected chi connectivity index (χ0v) is 15.6. The number of aryl methyl sites for hydroxylation is 2. The molecule has 0 saturated carbocycles. The first-order chi connectivity index (χ1) is 13.5. The highest BCUT2D eigenvalue weighted by atomic mass is 16.5. The maximum Gasteiger partial charge on any atom is 0.340 e. The predicted octanol–water partition coefficient (Wildman–Crippen LogP) is 2.38. The van der Waals surface area contributed by atoms with Gasteiger partial charge in [0.2, 0.25) is 0 Å². The molecule has 2 aromatic heterocycles. The second-order valence-electron chi connectivity index (χ2n) is 6.17. The molecule has 0 unspecified atom stereocenters. The van der Waals surface area contributed by atoms with Crippen molar-refractivity contribution in [2.45, 2.75) is 13.3 Å². The van der Waals surface area contributed by atoms with E-state index in [1.54, 1.807) is 42.1 Å². The maximum atomic E-state index is 12.6. The number of hydrogen-bond acceptors (Lipinski definition) is 6. The van der Waals surface area contributed by atoms with Gasteiger partial charge in [0, 0.05) is 30.9 Å². The summed E-state index contributed by atoms with van der Waals surface area (Å²) in [6.07, 6.45) is 1.58. The highest BCUT2D eigenvalue weighted by Gasteiger charge is 2.19. The summed E-state index contributed by atoms with van der Waals surface area (Å²) in [5.74, 6) is -1.04. The molecule has 0 aliphatic carbocycles. The summed E-state index contributed by atoms with van der Waals surface area (Å²) in [7, 11) is 1.78. The van der Waals surface area contributed by atoms with Crippen molar-refractivity contribution in [3.63, 3.8) is 0 Å². The number of fused-ring (bicyclic) bond motifs is 1. The molecule has 0 spiro atoms. The average Bonchev–Trinajstić information content (AvgIpc) is 3.00. The summed E-state index contributed by atoms with van der Waals surface area (Å²) in [5.41, 5.74) is 2.31. The van der Waals surface area contributed by atoms with Gasteiger partial charge in [0.05, 0.1) is 23.7 Å². The van der Waals surface area contributed by atoms with Crippen LogP contribution in [0.25, 0.3) is 11.0 Å². The fourth-order valence-corrected chi connectivity index (χ4v) is 2.88. The Balaban J connectivity index is 1.71. The summed E-state index contributed by atoms with van der Waals surface area (Å²) in [5, 5.41) is 13.9. The monoisotopic (exact) mass is 377 g/mol. The van der Waals surface area contributed by atoms with Gasteiger partial charge in [-0.15, -0.1) is 0 Å². The first-order valence-corrected chi connectivity index (χ1v) is 8.70. The Morgan fingerprint density at radius 2 is 2.04 bits per heavy atom. The summed E-state index contributed by atoms with van der Waals surface area (Å²) in [6, 6.07) is 12.6. The molecule has 0 bridgehead atoms. The molecule has 8 nitrogen and oxygen atoms in total. The van der Waals surface area contributed by atoms with Crippen molar-refractivity contribution < 1.29 is 14.3 Å². The lowest BCUT2D eigenvalue weighted by Crippen LogP contribution is -2.35. The van der Waals surface area contributed by atoms with Gasteiger partial charge in [-0.3, -0.25) is 9.48 Å². The standard InChI is InChI=1S/C20H19N5O3/c1-14-17-11-15(12-22-19(17)24(2)23-14)20(27)28-13-18(26)25(10-6-9-21)16-7-4-3-5-8-16/h3-5,7-8,11-12H,6,10,13H2,1-2H3. The van der Waals surface area contributed by atoms with Crippen LogP contribution >= 0.6 is 0 Å². The molecule has 0 radical (unpaired) electrons. The van der Waals surface area contributed by atoms with Crippen LogP contribution in [0.2, 0.25) is 0 Å². The minimum absolute atomic E-state index is 0.176. The number of rotatable bonds is 6. The quantitative estimate of drug-likeness (QED) is 0.611. The normalized spacial score (nSPS) is 10.5. The number of pyridine rings is 1. The Labute approximate surface area is 162 Å². The van der Waals surface area contributed by atoms with Crippen molar-refractivity contribution in [3.8, 4) is 6.07 Å². The topological polar surface area (TPSA) is 101 Å². The van der Waals surface area contributed by atoms with Gasteiger partial charge in [0.1, 0.15) is 0 Å². The summed E-state index contributed by atoms with van der Waals surface area (Å²) >= 11 is 0. The highest BCUT2D eigenvalue weighted by Crippen LogP contribution is 2.18. The Morgan fingerprint density at radius 1 is 1.29 bits per heavy atom. The fourth-order valence-electron chi connectivity index (χ4n) is 2.88. The van der Waals surface area contributed by atoms with E-state index in [-0.39, 0.29) is 18.5 Å². The number of carbonyl (C=O) groups is 2. The molecule has 0 fully saturated rings. The lowest BCUT2D eigenvalue weighted by atomic mass is 10.2. The SMILES string of the molecule is Cc1nn(C)c2ncc(C(=O)OCC(=O)N(CCC#N)c3ccccc3)cc12. The van der Waals surface area contributed by atoms with Gasteiger partial charge in [-0.1, -0.05) is 18.2 Å². The number of ether oxygens (including phenoxy) is 1. The van der Waals surface area contributed by atoms with Crippen LogP contribution in [0.3, 0.4) is 0 Å². The molecule has 3 rings (SSSR count). The highest BCUT2D eigenvalue weighted by molar-refractivity contribution is 5.98. The van der Waals surface area contributed by atoms with Crippen molar-refractivity contribution in [1.29, 1.82) is 5.26 Å². The van der Waals surface area contributed by atoms with E-state index >= 15 is 0 Å². The molecule has 142 valence electrons. The van der Waals surface area contributed by atoms with Gasteiger partial charge in [-0.2, -0.15) is 10.4 Å². The van der Waals surface area contributed by atoms with Gasteiger partial charge in [0.15, 0.2) is 12.3 Å². The third kappa shape index (κ3) is 3.99. The molecule has 0 atom stereocenters. The zero-order chi connectivity index (χ0) is 20.1. The second kappa shape index (κ2) is 8.31. The van der Waals surface area contributed by atoms with Crippen molar-refractivity contribution in [3.05, 3.63) is 53.9 Å². The average molecular weight is 377 g/mol. The van der Waals surface area contributed by atoms with Crippen LogP contribution in [-0.2, 0) is 16.6 Å². The van der Waals surface area contributed by atoms with Gasteiger partial charge >= 0.3 is 5.97 Å². The van der Waals surface area contributed by atoms with E-state index in [2.05, 4.69) is 10.1 Å². The fraction of sp³-hybridized carbons (Fsp3) is 0.250. The Hall–Kier alpha value is -3.73. The number of aromatic nitrogens is 3. The molecule has 1 aromatic carbocycles. The van der Waals surface area contributed by atoms with Crippen LogP contribution < -0.4 is 4.90 Å². The van der Waals surface area contributed by atoms with E-state index in [1.807, 2.05) is 19.1 Å². The van der Waals surface area contributed by atoms with Gasteiger partial charge in [-0.05, 0) is 25.1 Å². The number of amides is 1. The minimum atomic E-state index is -0.640. The lowest BCUT2D eigenvalue weighted by molar-refractivity contribution is -0.121. The van der Waals surface area contributed by atoms with Crippen LogP contribution in [0, 0.1) is 18.3 Å². The smallest absolute Gasteiger partial charge is 0.340 e. The second-order valence-corrected chi connectivity index (χ2v) is 6.17.